The van der Waals surface area contributed by atoms with E-state index in [-0.39, 0.29) is 0 Å². The third kappa shape index (κ3) is 4.53. The zero-order valence-corrected chi connectivity index (χ0v) is 10.1. The number of nitrogens with zero attached hydrogens (tertiary/aromatic N) is 1. The standard InChI is InChI=1S/C15H19NO/c1-2-7-14(8-3-1)13-17-12-6-10-15-9-4-5-11-16-15/h1-3,7-9,11H,4-6,10,12-13H2. The molecular formula is C15H19NO. The molecule has 0 saturated heterocycles. The summed E-state index contributed by atoms with van der Waals surface area (Å²) in [7, 11) is 0. The minimum absolute atomic E-state index is 0.711. The number of hydrogen-bond donors (Lipinski definition) is 0. The van der Waals surface area contributed by atoms with Crippen LogP contribution in [-0.2, 0) is 11.3 Å². The average Bonchev–Trinajstić information content (AvgIpc) is 2.41. The molecule has 2 rings (SSSR count). The Morgan fingerprint density at radius 3 is 2.76 bits per heavy atom. The van der Waals surface area contributed by atoms with Crippen molar-refractivity contribution in [2.45, 2.75) is 32.3 Å². The molecule has 17 heavy (non-hydrogen) atoms. The van der Waals surface area contributed by atoms with Crippen molar-refractivity contribution in [3.05, 3.63) is 47.7 Å². The van der Waals surface area contributed by atoms with Crippen LogP contribution in [0.3, 0.4) is 0 Å². The molecule has 0 spiro atoms. The minimum Gasteiger partial charge on any atom is -0.377 e. The summed E-state index contributed by atoms with van der Waals surface area (Å²) in [5.41, 5.74) is 2.46. The molecule has 1 aromatic carbocycles. The fourth-order valence-electron chi connectivity index (χ4n) is 1.85. The highest BCUT2D eigenvalue weighted by Crippen LogP contribution is 2.12. The maximum atomic E-state index is 5.63. The van der Waals surface area contributed by atoms with Crippen LogP contribution in [0.1, 0.15) is 31.2 Å². The predicted molar refractivity (Wildman–Crippen MR) is 71.1 cm³/mol. The number of aliphatic imine (C=N–C) groups is 1. The van der Waals surface area contributed by atoms with Crippen LogP contribution in [0.2, 0.25) is 0 Å². The minimum atomic E-state index is 0.711. The van der Waals surface area contributed by atoms with Crippen LogP contribution in [0.4, 0.5) is 0 Å². The third-order valence-electron chi connectivity index (χ3n) is 2.77. The topological polar surface area (TPSA) is 21.6 Å². The quantitative estimate of drug-likeness (QED) is 0.681. The van der Waals surface area contributed by atoms with Crippen molar-refractivity contribution in [2.75, 3.05) is 6.61 Å². The van der Waals surface area contributed by atoms with Gasteiger partial charge in [0.25, 0.3) is 0 Å². The second-order valence-corrected chi connectivity index (χ2v) is 4.23. The van der Waals surface area contributed by atoms with Crippen molar-refractivity contribution in [3.63, 3.8) is 0 Å². The Kier molecular flexibility index (Phi) is 4.98. The van der Waals surface area contributed by atoms with E-state index in [1.165, 1.54) is 11.3 Å². The van der Waals surface area contributed by atoms with E-state index in [4.69, 9.17) is 4.74 Å². The lowest BCUT2D eigenvalue weighted by atomic mass is 10.1. The van der Waals surface area contributed by atoms with Crippen LogP contribution in [-0.4, -0.2) is 12.8 Å². The number of ether oxygens (including phenoxy) is 1. The van der Waals surface area contributed by atoms with Gasteiger partial charge in [-0.25, -0.2) is 0 Å². The SMILES string of the molecule is C1=NC(CCCOCc2ccccc2)=CCC1. The molecule has 0 radical (unpaired) electrons. The van der Waals surface area contributed by atoms with Gasteiger partial charge in [-0.1, -0.05) is 36.4 Å². The van der Waals surface area contributed by atoms with E-state index >= 15 is 0 Å². The van der Waals surface area contributed by atoms with Gasteiger partial charge in [0.1, 0.15) is 0 Å². The van der Waals surface area contributed by atoms with Crippen LogP contribution in [0.5, 0.6) is 0 Å². The highest BCUT2D eigenvalue weighted by Gasteiger charge is 1.99. The highest BCUT2D eigenvalue weighted by molar-refractivity contribution is 5.60. The molecule has 0 fully saturated rings. The Morgan fingerprint density at radius 1 is 1.12 bits per heavy atom. The van der Waals surface area contributed by atoms with E-state index < -0.39 is 0 Å². The van der Waals surface area contributed by atoms with E-state index in [0.717, 1.165) is 32.3 Å². The summed E-state index contributed by atoms with van der Waals surface area (Å²) < 4.78 is 5.63. The Balaban J connectivity index is 1.58. The molecule has 0 amide bonds. The van der Waals surface area contributed by atoms with Gasteiger partial charge in [-0.3, -0.25) is 4.99 Å². The summed E-state index contributed by atoms with van der Waals surface area (Å²) in [5.74, 6) is 0. The number of hydrogen-bond acceptors (Lipinski definition) is 2. The zero-order valence-electron chi connectivity index (χ0n) is 10.1. The molecule has 0 N–H and O–H groups in total. The summed E-state index contributed by atoms with van der Waals surface area (Å²) in [5, 5.41) is 0. The van der Waals surface area contributed by atoms with Crippen molar-refractivity contribution >= 4 is 6.21 Å². The summed E-state index contributed by atoms with van der Waals surface area (Å²) in [4.78, 5) is 4.37. The Labute approximate surface area is 103 Å². The van der Waals surface area contributed by atoms with Crippen LogP contribution in [0.15, 0.2) is 47.1 Å². The maximum Gasteiger partial charge on any atom is 0.0716 e. The lowest BCUT2D eigenvalue weighted by Gasteiger charge is -2.07. The normalized spacial score (nSPS) is 14.7. The van der Waals surface area contributed by atoms with E-state index in [1.54, 1.807) is 0 Å². The molecule has 90 valence electrons. The van der Waals surface area contributed by atoms with Gasteiger partial charge >= 0.3 is 0 Å². The van der Waals surface area contributed by atoms with Gasteiger partial charge in [-0.05, 0) is 31.2 Å². The molecule has 1 aliphatic heterocycles. The highest BCUT2D eigenvalue weighted by atomic mass is 16.5. The fourth-order valence-corrected chi connectivity index (χ4v) is 1.85. The first-order valence-corrected chi connectivity index (χ1v) is 6.28. The first-order chi connectivity index (χ1) is 8.45. The smallest absolute Gasteiger partial charge is 0.0716 e. The summed E-state index contributed by atoms with van der Waals surface area (Å²) in [6.07, 6.45) is 8.57. The van der Waals surface area contributed by atoms with Crippen LogP contribution < -0.4 is 0 Å². The maximum absolute atomic E-state index is 5.63. The summed E-state index contributed by atoms with van der Waals surface area (Å²) >= 11 is 0. The van der Waals surface area contributed by atoms with Gasteiger partial charge < -0.3 is 4.74 Å². The van der Waals surface area contributed by atoms with Crippen LogP contribution >= 0.6 is 0 Å². The van der Waals surface area contributed by atoms with Crippen LogP contribution in [0, 0.1) is 0 Å². The van der Waals surface area contributed by atoms with E-state index in [0.29, 0.717) is 6.61 Å². The molecule has 0 aromatic heterocycles. The predicted octanol–water partition coefficient (Wildman–Crippen LogP) is 3.73. The molecular weight excluding hydrogens is 210 g/mol. The van der Waals surface area contributed by atoms with E-state index in [2.05, 4.69) is 23.2 Å². The number of allylic oxidation sites excluding steroid dienone is 2. The van der Waals surface area contributed by atoms with Crippen molar-refractivity contribution in [1.29, 1.82) is 0 Å². The van der Waals surface area contributed by atoms with Gasteiger partial charge in [-0.2, -0.15) is 0 Å². The molecule has 1 aliphatic rings. The molecule has 2 nitrogen and oxygen atoms in total. The van der Waals surface area contributed by atoms with Gasteiger partial charge in [0.2, 0.25) is 0 Å². The molecule has 2 heteroatoms. The van der Waals surface area contributed by atoms with Crippen molar-refractivity contribution < 1.29 is 4.74 Å². The molecule has 0 aliphatic carbocycles. The zero-order chi connectivity index (χ0) is 11.8. The molecule has 0 saturated carbocycles. The molecule has 1 heterocycles. The number of benzene rings is 1. The van der Waals surface area contributed by atoms with Gasteiger partial charge in [0, 0.05) is 18.5 Å². The number of rotatable bonds is 6. The van der Waals surface area contributed by atoms with E-state index in [1.807, 2.05) is 24.4 Å². The molecule has 0 bridgehead atoms. The fraction of sp³-hybridized carbons (Fsp3) is 0.400. The summed E-state index contributed by atoms with van der Waals surface area (Å²) in [6.45, 7) is 1.52. The largest absolute Gasteiger partial charge is 0.377 e. The molecule has 1 aromatic rings. The second-order valence-electron chi connectivity index (χ2n) is 4.23. The molecule has 0 unspecified atom stereocenters. The van der Waals surface area contributed by atoms with Gasteiger partial charge in [-0.15, -0.1) is 0 Å². The van der Waals surface area contributed by atoms with Crippen molar-refractivity contribution in [3.8, 4) is 0 Å². The van der Waals surface area contributed by atoms with Crippen LogP contribution in [0.25, 0.3) is 0 Å². The summed E-state index contributed by atoms with van der Waals surface area (Å²) in [6, 6.07) is 10.3. The monoisotopic (exact) mass is 229 g/mol. The Hall–Kier alpha value is -1.41. The van der Waals surface area contributed by atoms with E-state index in [9.17, 15) is 0 Å². The van der Waals surface area contributed by atoms with Gasteiger partial charge in [0.05, 0.1) is 6.61 Å². The second kappa shape index (κ2) is 7.02. The molecule has 0 atom stereocenters. The van der Waals surface area contributed by atoms with Crippen molar-refractivity contribution in [2.24, 2.45) is 4.99 Å². The van der Waals surface area contributed by atoms with Gasteiger partial charge in [0.15, 0.2) is 0 Å². The Morgan fingerprint density at radius 2 is 2.00 bits per heavy atom. The third-order valence-corrected chi connectivity index (χ3v) is 2.77. The van der Waals surface area contributed by atoms with Crippen molar-refractivity contribution in [1.82, 2.24) is 0 Å². The first-order valence-electron chi connectivity index (χ1n) is 6.28. The average molecular weight is 229 g/mol. The first kappa shape index (κ1) is 12.1. The lowest BCUT2D eigenvalue weighted by molar-refractivity contribution is 0.118. The Bertz CT molecular complexity index is 381. The lowest BCUT2D eigenvalue weighted by Crippen LogP contribution is -1.97.